The highest BCUT2D eigenvalue weighted by Gasteiger charge is 2.23. The molecule has 0 radical (unpaired) electrons. The Labute approximate surface area is 203 Å². The molecule has 0 aliphatic carbocycles. The third kappa shape index (κ3) is 6.17. The highest BCUT2D eigenvalue weighted by molar-refractivity contribution is 6.04. The number of nitrogens with zero attached hydrogens (tertiary/aromatic N) is 1. The Morgan fingerprint density at radius 1 is 0.800 bits per heavy atom. The van der Waals surface area contributed by atoms with Crippen molar-refractivity contribution in [3.05, 3.63) is 83.4 Å². The number of ether oxygens (including phenoxy) is 2. The maximum atomic E-state index is 13.7. The molecule has 8 nitrogen and oxygen atoms in total. The number of hydrogen-bond donors (Lipinski definition) is 2. The number of carboxylic acid groups (broad SMARTS) is 2. The van der Waals surface area contributed by atoms with Crippen LogP contribution in [0.3, 0.4) is 0 Å². The molecule has 3 aromatic carbocycles. The van der Waals surface area contributed by atoms with Gasteiger partial charge in [-0.15, -0.1) is 0 Å². The molecule has 0 fully saturated rings. The monoisotopic (exact) mass is 477 g/mol. The van der Waals surface area contributed by atoms with E-state index in [1.807, 2.05) is 6.07 Å². The summed E-state index contributed by atoms with van der Waals surface area (Å²) in [5, 5.41) is 18.9. The van der Waals surface area contributed by atoms with E-state index in [4.69, 9.17) is 9.47 Å². The van der Waals surface area contributed by atoms with Gasteiger partial charge in [-0.05, 0) is 53.4 Å². The molecule has 35 heavy (non-hydrogen) atoms. The van der Waals surface area contributed by atoms with Crippen molar-refractivity contribution in [2.75, 3.05) is 27.3 Å². The molecule has 0 unspecified atom stereocenters. The van der Waals surface area contributed by atoms with Gasteiger partial charge in [-0.3, -0.25) is 9.59 Å². The largest absolute Gasteiger partial charge is 0.497 e. The summed E-state index contributed by atoms with van der Waals surface area (Å²) < 4.78 is 10.7. The number of aromatic carboxylic acids is 1. The van der Waals surface area contributed by atoms with Gasteiger partial charge in [0.1, 0.15) is 11.5 Å². The van der Waals surface area contributed by atoms with Crippen LogP contribution >= 0.6 is 0 Å². The topological polar surface area (TPSA) is 113 Å². The number of carbonyl (C=O) groups excluding carboxylic acids is 1. The fourth-order valence-corrected chi connectivity index (χ4v) is 3.86. The van der Waals surface area contributed by atoms with Crippen LogP contribution in [0.25, 0.3) is 11.1 Å². The predicted octanol–water partition coefficient (Wildman–Crippen LogP) is 4.23. The van der Waals surface area contributed by atoms with Gasteiger partial charge in [-0.1, -0.05) is 36.4 Å². The molecule has 8 heteroatoms. The number of carbonyl (C=O) groups is 3. The lowest BCUT2D eigenvalue weighted by Crippen LogP contribution is -2.35. The summed E-state index contributed by atoms with van der Waals surface area (Å²) in [6.07, 6.45) is 0.175. The molecule has 3 aromatic rings. The maximum absolute atomic E-state index is 13.7. The molecule has 0 aliphatic rings. The third-order valence-corrected chi connectivity index (χ3v) is 5.63. The third-order valence-electron chi connectivity index (χ3n) is 5.63. The van der Waals surface area contributed by atoms with Crippen molar-refractivity contribution >= 4 is 17.8 Å². The minimum absolute atomic E-state index is 0.00460. The Balaban J connectivity index is 1.96. The van der Waals surface area contributed by atoms with Crippen molar-refractivity contribution in [1.29, 1.82) is 0 Å². The van der Waals surface area contributed by atoms with Crippen LogP contribution in [0.1, 0.15) is 32.7 Å². The van der Waals surface area contributed by atoms with Gasteiger partial charge in [-0.25, -0.2) is 4.79 Å². The van der Waals surface area contributed by atoms with Gasteiger partial charge in [0.05, 0.1) is 26.2 Å². The van der Waals surface area contributed by atoms with E-state index < -0.39 is 11.9 Å². The summed E-state index contributed by atoms with van der Waals surface area (Å²) in [4.78, 5) is 38.2. The molecule has 0 saturated carbocycles. The molecule has 2 N–H and O–H groups in total. The molecule has 0 spiro atoms. The van der Waals surface area contributed by atoms with E-state index in [9.17, 15) is 24.6 Å². The molecule has 0 atom stereocenters. The number of hydrogen-bond acceptors (Lipinski definition) is 5. The summed E-state index contributed by atoms with van der Waals surface area (Å²) in [6.45, 7) is 0.222. The van der Waals surface area contributed by atoms with Crippen molar-refractivity contribution in [3.63, 3.8) is 0 Å². The van der Waals surface area contributed by atoms with Crippen LogP contribution in [0.4, 0.5) is 0 Å². The Hall–Kier alpha value is -4.33. The first-order chi connectivity index (χ1) is 16.8. The van der Waals surface area contributed by atoms with E-state index in [1.165, 1.54) is 11.0 Å². The van der Waals surface area contributed by atoms with Crippen LogP contribution in [0.5, 0.6) is 11.5 Å². The Bertz CT molecular complexity index is 1220. The molecule has 0 saturated heterocycles. The Kier molecular flexibility index (Phi) is 8.45. The number of amides is 1. The molecule has 0 bridgehead atoms. The molecular weight excluding hydrogens is 450 g/mol. The fraction of sp³-hybridized carbons (Fsp3) is 0.222. The Morgan fingerprint density at radius 2 is 1.43 bits per heavy atom. The lowest BCUT2D eigenvalue weighted by molar-refractivity contribution is -0.137. The van der Waals surface area contributed by atoms with Gasteiger partial charge in [0.15, 0.2) is 0 Å². The van der Waals surface area contributed by atoms with E-state index in [0.29, 0.717) is 34.6 Å². The number of benzene rings is 3. The van der Waals surface area contributed by atoms with Gasteiger partial charge < -0.3 is 24.6 Å². The first-order valence-corrected chi connectivity index (χ1v) is 11.0. The van der Waals surface area contributed by atoms with Crippen LogP contribution < -0.4 is 9.47 Å². The highest BCUT2D eigenvalue weighted by atomic mass is 16.5. The zero-order chi connectivity index (χ0) is 25.4. The minimum Gasteiger partial charge on any atom is -0.497 e. The predicted molar refractivity (Wildman–Crippen MR) is 130 cm³/mol. The van der Waals surface area contributed by atoms with E-state index in [1.54, 1.807) is 68.8 Å². The van der Waals surface area contributed by atoms with E-state index in [-0.39, 0.29) is 31.0 Å². The smallest absolute Gasteiger partial charge is 0.336 e. The van der Waals surface area contributed by atoms with Crippen LogP contribution in [-0.2, 0) is 11.2 Å². The first-order valence-electron chi connectivity index (χ1n) is 11.0. The SMILES string of the molecule is COc1ccc(OC)c(CCN(CCC(=O)O)C(=O)c2ccccc2-c2ccccc2C(=O)O)c1. The average Bonchev–Trinajstić information content (AvgIpc) is 2.88. The van der Waals surface area contributed by atoms with Crippen molar-refractivity contribution in [3.8, 4) is 22.6 Å². The zero-order valence-corrected chi connectivity index (χ0v) is 19.6. The van der Waals surface area contributed by atoms with Crippen LogP contribution in [0.2, 0.25) is 0 Å². The molecule has 0 aliphatic heterocycles. The van der Waals surface area contributed by atoms with E-state index in [2.05, 4.69) is 0 Å². The lowest BCUT2D eigenvalue weighted by atomic mass is 9.94. The maximum Gasteiger partial charge on any atom is 0.336 e. The average molecular weight is 478 g/mol. The van der Waals surface area contributed by atoms with Crippen molar-refractivity contribution < 1.29 is 34.1 Å². The summed E-state index contributed by atoms with van der Waals surface area (Å²) in [5.41, 5.74) is 2.06. The van der Waals surface area contributed by atoms with Gasteiger partial charge in [0.25, 0.3) is 5.91 Å². The van der Waals surface area contributed by atoms with Crippen LogP contribution in [0, 0.1) is 0 Å². The molecule has 1 amide bonds. The van der Waals surface area contributed by atoms with Crippen LogP contribution in [-0.4, -0.2) is 60.3 Å². The standard InChI is InChI=1S/C27H27NO7/c1-34-19-11-12-24(35-2)18(17-19)13-15-28(16-14-25(29)30)26(31)22-9-5-3-7-20(22)21-8-4-6-10-23(21)27(32)33/h3-12,17H,13-16H2,1-2H3,(H,29,30)(H,32,33). The molecule has 3 rings (SSSR count). The van der Waals surface area contributed by atoms with Crippen LogP contribution in [0.15, 0.2) is 66.7 Å². The summed E-state index contributed by atoms with van der Waals surface area (Å²) in [7, 11) is 3.11. The molecule has 0 aromatic heterocycles. The van der Waals surface area contributed by atoms with Gasteiger partial charge >= 0.3 is 11.9 Å². The highest BCUT2D eigenvalue weighted by Crippen LogP contribution is 2.29. The normalized spacial score (nSPS) is 10.5. The number of aliphatic carboxylic acids is 1. The molecular formula is C27H27NO7. The summed E-state index contributed by atoms with van der Waals surface area (Å²) >= 11 is 0. The Morgan fingerprint density at radius 3 is 2.03 bits per heavy atom. The van der Waals surface area contributed by atoms with Gasteiger partial charge in [0, 0.05) is 18.7 Å². The number of carboxylic acids is 2. The van der Waals surface area contributed by atoms with Crippen molar-refractivity contribution in [1.82, 2.24) is 4.90 Å². The second kappa shape index (κ2) is 11.7. The van der Waals surface area contributed by atoms with Gasteiger partial charge in [0.2, 0.25) is 0 Å². The van der Waals surface area contributed by atoms with Crippen molar-refractivity contribution in [2.45, 2.75) is 12.8 Å². The summed E-state index contributed by atoms with van der Waals surface area (Å²) in [6, 6.07) is 18.6. The van der Waals surface area contributed by atoms with Crippen molar-refractivity contribution in [2.24, 2.45) is 0 Å². The van der Waals surface area contributed by atoms with E-state index >= 15 is 0 Å². The fourth-order valence-electron chi connectivity index (χ4n) is 3.86. The number of rotatable bonds is 11. The minimum atomic E-state index is -1.10. The summed E-state index contributed by atoms with van der Waals surface area (Å²) in [5.74, 6) is -1.24. The second-order valence-electron chi connectivity index (χ2n) is 7.76. The zero-order valence-electron chi connectivity index (χ0n) is 19.6. The van der Waals surface area contributed by atoms with E-state index in [0.717, 1.165) is 5.56 Å². The lowest BCUT2D eigenvalue weighted by Gasteiger charge is -2.24. The number of methoxy groups -OCH3 is 2. The molecule has 0 heterocycles. The second-order valence-corrected chi connectivity index (χ2v) is 7.76. The quantitative estimate of drug-likeness (QED) is 0.425. The molecule has 182 valence electrons. The van der Waals surface area contributed by atoms with Gasteiger partial charge in [-0.2, -0.15) is 0 Å². The first kappa shape index (κ1) is 25.3.